The molecule has 0 radical (unpaired) electrons. The molecule has 50 valence electrons. The Kier molecular flexibility index (Phi) is 5.66. The third-order valence-corrected chi connectivity index (χ3v) is 1.94. The number of rotatable bonds is 4. The second kappa shape index (κ2) is 5.45. The van der Waals surface area contributed by atoms with Gasteiger partial charge in [0, 0.05) is 6.54 Å². The smallest absolute Gasteiger partial charge is 0.00860 e. The SMILES string of the molecule is CCCCN(C)SC. The normalized spacial score (nSPS) is 10.5. The Labute approximate surface area is 56.6 Å². The zero-order chi connectivity index (χ0) is 6.41. The summed E-state index contributed by atoms with van der Waals surface area (Å²) in [5.74, 6) is 0. The maximum Gasteiger partial charge on any atom is 0.00860 e. The van der Waals surface area contributed by atoms with Crippen LogP contribution in [0.3, 0.4) is 0 Å². The van der Waals surface area contributed by atoms with Crippen molar-refractivity contribution in [2.75, 3.05) is 19.8 Å². The molecule has 0 fully saturated rings. The van der Waals surface area contributed by atoms with E-state index in [0.29, 0.717) is 0 Å². The summed E-state index contributed by atoms with van der Waals surface area (Å²) in [4.78, 5) is 0. The molecule has 0 N–H and O–H groups in total. The molecular formula is C6H15NS. The number of hydrogen-bond donors (Lipinski definition) is 0. The minimum absolute atomic E-state index is 1.22. The van der Waals surface area contributed by atoms with Crippen LogP contribution in [0.4, 0.5) is 0 Å². The first kappa shape index (κ1) is 8.31. The highest BCUT2D eigenvalue weighted by molar-refractivity contribution is 7.96. The van der Waals surface area contributed by atoms with Gasteiger partial charge >= 0.3 is 0 Å². The van der Waals surface area contributed by atoms with Crippen molar-refractivity contribution in [2.24, 2.45) is 0 Å². The summed E-state index contributed by atoms with van der Waals surface area (Å²) in [6.45, 7) is 3.44. The molecule has 0 aromatic heterocycles. The number of hydrogen-bond acceptors (Lipinski definition) is 2. The third-order valence-electron chi connectivity index (χ3n) is 1.14. The predicted octanol–water partition coefficient (Wildman–Crippen LogP) is 2.00. The largest absolute Gasteiger partial charge is 0.254 e. The molecule has 0 aromatic carbocycles. The van der Waals surface area contributed by atoms with Gasteiger partial charge in [0.1, 0.15) is 0 Å². The van der Waals surface area contributed by atoms with Crippen LogP contribution in [-0.4, -0.2) is 24.2 Å². The third kappa shape index (κ3) is 4.47. The van der Waals surface area contributed by atoms with Crippen molar-refractivity contribution >= 4 is 11.9 Å². The standard InChI is InChI=1S/C6H15NS/c1-4-5-6-7(2)8-3/h4-6H2,1-3H3. The van der Waals surface area contributed by atoms with Gasteiger partial charge in [-0.3, -0.25) is 4.31 Å². The van der Waals surface area contributed by atoms with Crippen LogP contribution >= 0.6 is 11.9 Å². The molecule has 0 amide bonds. The zero-order valence-corrected chi connectivity index (χ0v) is 6.79. The van der Waals surface area contributed by atoms with Crippen LogP contribution < -0.4 is 0 Å². The summed E-state index contributed by atoms with van der Waals surface area (Å²) in [5.41, 5.74) is 0. The van der Waals surface area contributed by atoms with E-state index in [9.17, 15) is 0 Å². The molecule has 0 aliphatic heterocycles. The molecule has 0 saturated heterocycles. The fourth-order valence-electron chi connectivity index (χ4n) is 0.472. The van der Waals surface area contributed by atoms with Crippen molar-refractivity contribution in [3.8, 4) is 0 Å². The molecule has 0 heterocycles. The number of nitrogens with zero attached hydrogens (tertiary/aromatic N) is 1. The van der Waals surface area contributed by atoms with Crippen molar-refractivity contribution in [1.82, 2.24) is 4.31 Å². The van der Waals surface area contributed by atoms with E-state index in [1.165, 1.54) is 19.4 Å². The maximum absolute atomic E-state index is 2.25. The Hall–Kier alpha value is 0.310. The summed E-state index contributed by atoms with van der Waals surface area (Å²) in [5, 5.41) is 0. The second-order valence-electron chi connectivity index (χ2n) is 1.89. The van der Waals surface area contributed by atoms with Crippen molar-refractivity contribution in [3.63, 3.8) is 0 Å². The molecule has 0 spiro atoms. The van der Waals surface area contributed by atoms with Crippen LogP contribution in [0.25, 0.3) is 0 Å². The quantitative estimate of drug-likeness (QED) is 0.540. The molecule has 8 heavy (non-hydrogen) atoms. The molecule has 0 atom stereocenters. The van der Waals surface area contributed by atoms with Gasteiger partial charge in [0.05, 0.1) is 0 Å². The highest BCUT2D eigenvalue weighted by atomic mass is 32.2. The van der Waals surface area contributed by atoms with Crippen LogP contribution in [0.1, 0.15) is 19.8 Å². The summed E-state index contributed by atoms with van der Waals surface area (Å²) >= 11 is 1.80. The first-order chi connectivity index (χ1) is 3.81. The van der Waals surface area contributed by atoms with Crippen molar-refractivity contribution in [1.29, 1.82) is 0 Å². The van der Waals surface area contributed by atoms with Gasteiger partial charge in [-0.05, 0) is 19.7 Å². The van der Waals surface area contributed by atoms with E-state index in [1.54, 1.807) is 11.9 Å². The summed E-state index contributed by atoms with van der Waals surface area (Å²) in [6, 6.07) is 0. The second-order valence-corrected chi connectivity index (χ2v) is 2.88. The van der Waals surface area contributed by atoms with E-state index in [0.717, 1.165) is 0 Å². The minimum atomic E-state index is 1.22. The van der Waals surface area contributed by atoms with E-state index in [1.807, 2.05) is 0 Å². The Balaban J connectivity index is 2.86. The fourth-order valence-corrected chi connectivity index (χ4v) is 0.784. The Bertz CT molecular complexity index is 47.8. The van der Waals surface area contributed by atoms with Gasteiger partial charge in [-0.2, -0.15) is 0 Å². The zero-order valence-electron chi connectivity index (χ0n) is 5.98. The van der Waals surface area contributed by atoms with Gasteiger partial charge in [0.15, 0.2) is 0 Å². The van der Waals surface area contributed by atoms with E-state index in [2.05, 4.69) is 24.5 Å². The van der Waals surface area contributed by atoms with Crippen LogP contribution in [-0.2, 0) is 0 Å². The lowest BCUT2D eigenvalue weighted by Gasteiger charge is -2.10. The van der Waals surface area contributed by atoms with E-state index < -0.39 is 0 Å². The molecule has 0 aliphatic carbocycles. The molecule has 0 saturated carbocycles. The highest BCUT2D eigenvalue weighted by Crippen LogP contribution is 2.01. The maximum atomic E-state index is 2.25. The minimum Gasteiger partial charge on any atom is -0.254 e. The van der Waals surface area contributed by atoms with E-state index in [4.69, 9.17) is 0 Å². The monoisotopic (exact) mass is 133 g/mol. The van der Waals surface area contributed by atoms with E-state index >= 15 is 0 Å². The van der Waals surface area contributed by atoms with Crippen molar-refractivity contribution in [2.45, 2.75) is 19.8 Å². The van der Waals surface area contributed by atoms with Crippen LogP contribution in [0, 0.1) is 0 Å². The lowest BCUT2D eigenvalue weighted by molar-refractivity contribution is 0.539. The van der Waals surface area contributed by atoms with E-state index in [-0.39, 0.29) is 0 Å². The highest BCUT2D eigenvalue weighted by Gasteiger charge is 1.90. The molecule has 0 aromatic rings. The van der Waals surface area contributed by atoms with Gasteiger partial charge in [0.25, 0.3) is 0 Å². The summed E-state index contributed by atoms with van der Waals surface area (Å²) in [6.07, 6.45) is 4.72. The molecule has 0 aliphatic rings. The number of unbranched alkanes of at least 4 members (excludes halogenated alkanes) is 1. The molecule has 1 nitrogen and oxygen atoms in total. The van der Waals surface area contributed by atoms with Crippen LogP contribution in [0.15, 0.2) is 0 Å². The Morgan fingerprint density at radius 1 is 1.50 bits per heavy atom. The van der Waals surface area contributed by atoms with Gasteiger partial charge < -0.3 is 0 Å². The van der Waals surface area contributed by atoms with Crippen LogP contribution in [0.5, 0.6) is 0 Å². The molecular weight excluding hydrogens is 118 g/mol. The molecule has 2 heteroatoms. The summed E-state index contributed by atoms with van der Waals surface area (Å²) in [7, 11) is 2.13. The average molecular weight is 133 g/mol. The fraction of sp³-hybridized carbons (Fsp3) is 1.00. The van der Waals surface area contributed by atoms with Gasteiger partial charge in [-0.25, -0.2) is 0 Å². The predicted molar refractivity (Wildman–Crippen MR) is 41.1 cm³/mol. The molecule has 0 unspecified atom stereocenters. The first-order valence-electron chi connectivity index (χ1n) is 3.06. The topological polar surface area (TPSA) is 3.24 Å². The Morgan fingerprint density at radius 2 is 2.12 bits per heavy atom. The summed E-state index contributed by atoms with van der Waals surface area (Å²) < 4.78 is 2.25. The average Bonchev–Trinajstić information content (AvgIpc) is 1.83. The molecule has 0 rings (SSSR count). The van der Waals surface area contributed by atoms with Gasteiger partial charge in [0.2, 0.25) is 0 Å². The molecule has 0 bridgehead atoms. The Morgan fingerprint density at radius 3 is 2.50 bits per heavy atom. The first-order valence-corrected chi connectivity index (χ1v) is 4.24. The van der Waals surface area contributed by atoms with Crippen molar-refractivity contribution in [3.05, 3.63) is 0 Å². The van der Waals surface area contributed by atoms with Crippen molar-refractivity contribution < 1.29 is 0 Å². The van der Waals surface area contributed by atoms with Crippen LogP contribution in [0.2, 0.25) is 0 Å². The van der Waals surface area contributed by atoms with Gasteiger partial charge in [-0.1, -0.05) is 25.3 Å². The lowest BCUT2D eigenvalue weighted by atomic mass is 10.3. The van der Waals surface area contributed by atoms with Gasteiger partial charge in [-0.15, -0.1) is 0 Å². The lowest BCUT2D eigenvalue weighted by Crippen LogP contribution is -2.08.